The summed E-state index contributed by atoms with van der Waals surface area (Å²) in [5.74, 6) is 3.47. The Bertz CT molecular complexity index is 914. The molecule has 1 atom stereocenters. The van der Waals surface area contributed by atoms with Gasteiger partial charge in [-0.25, -0.2) is 4.98 Å². The highest BCUT2D eigenvalue weighted by molar-refractivity contribution is 5.62. The maximum atomic E-state index is 5.66. The van der Waals surface area contributed by atoms with Gasteiger partial charge in [0.05, 0.1) is 6.54 Å². The Kier molecular flexibility index (Phi) is 3.82. The number of ether oxygens (including phenoxy) is 3. The van der Waals surface area contributed by atoms with E-state index in [2.05, 4.69) is 15.1 Å². The first-order chi connectivity index (χ1) is 12.9. The van der Waals surface area contributed by atoms with Crippen molar-refractivity contribution >= 4 is 0 Å². The molecule has 0 amide bonds. The van der Waals surface area contributed by atoms with Crippen molar-refractivity contribution in [1.29, 1.82) is 0 Å². The molecule has 2 aliphatic heterocycles. The molecule has 0 radical (unpaired) electrons. The van der Waals surface area contributed by atoms with Crippen LogP contribution in [-0.4, -0.2) is 39.5 Å². The molecule has 0 bridgehead atoms. The zero-order chi connectivity index (χ0) is 17.3. The van der Waals surface area contributed by atoms with Gasteiger partial charge in [-0.3, -0.25) is 0 Å². The van der Waals surface area contributed by atoms with Gasteiger partial charge < -0.3 is 23.3 Å². The Labute approximate surface area is 149 Å². The number of hydrogen-bond acceptors (Lipinski definition) is 7. The van der Waals surface area contributed by atoms with Crippen LogP contribution in [0, 0.1) is 0 Å². The van der Waals surface area contributed by atoms with E-state index in [1.54, 1.807) is 6.20 Å². The zero-order valence-electron chi connectivity index (χ0n) is 14.1. The van der Waals surface area contributed by atoms with Crippen LogP contribution in [0.15, 0.2) is 35.1 Å². The Morgan fingerprint density at radius 3 is 2.92 bits per heavy atom. The van der Waals surface area contributed by atoms with E-state index >= 15 is 0 Å². The molecule has 5 rings (SSSR count). The molecule has 134 valence electrons. The standard InChI is InChI=1S/C18H18N4O4/c1-2-14(23-7-1)18-20-16(21-26-18)11-22-6-5-19-17(22)12-3-4-13-15(10-12)25-9-8-24-13/h3-6,10,14H,1-2,7-9,11H2. The molecule has 1 fully saturated rings. The minimum atomic E-state index is -0.0729. The molecule has 1 saturated heterocycles. The minimum absolute atomic E-state index is 0.0729. The van der Waals surface area contributed by atoms with Gasteiger partial charge in [-0.1, -0.05) is 5.16 Å². The van der Waals surface area contributed by atoms with Crippen molar-refractivity contribution in [3.05, 3.63) is 42.3 Å². The van der Waals surface area contributed by atoms with Gasteiger partial charge in [0.1, 0.15) is 25.1 Å². The van der Waals surface area contributed by atoms with Gasteiger partial charge in [0.15, 0.2) is 17.3 Å². The van der Waals surface area contributed by atoms with Crippen molar-refractivity contribution in [3.63, 3.8) is 0 Å². The average Bonchev–Trinajstić information content (AvgIpc) is 3.43. The molecule has 26 heavy (non-hydrogen) atoms. The molecule has 2 aliphatic rings. The molecule has 2 aromatic heterocycles. The number of hydrogen-bond donors (Lipinski definition) is 0. The quantitative estimate of drug-likeness (QED) is 0.712. The molecule has 8 nitrogen and oxygen atoms in total. The third kappa shape index (κ3) is 2.82. The van der Waals surface area contributed by atoms with Gasteiger partial charge in [-0.15, -0.1) is 0 Å². The first-order valence-electron chi connectivity index (χ1n) is 8.72. The fourth-order valence-corrected chi connectivity index (χ4v) is 3.27. The minimum Gasteiger partial charge on any atom is -0.486 e. The fraction of sp³-hybridized carbons (Fsp3) is 0.389. The van der Waals surface area contributed by atoms with Crippen LogP contribution in [0.1, 0.15) is 30.7 Å². The summed E-state index contributed by atoms with van der Waals surface area (Å²) >= 11 is 0. The largest absolute Gasteiger partial charge is 0.486 e. The van der Waals surface area contributed by atoms with Crippen LogP contribution >= 0.6 is 0 Å². The van der Waals surface area contributed by atoms with E-state index in [9.17, 15) is 0 Å². The molecule has 0 spiro atoms. The Hall–Kier alpha value is -2.87. The van der Waals surface area contributed by atoms with E-state index < -0.39 is 0 Å². The van der Waals surface area contributed by atoms with E-state index in [4.69, 9.17) is 18.7 Å². The topological polar surface area (TPSA) is 84.4 Å². The number of imidazole rings is 1. The highest BCUT2D eigenvalue weighted by atomic mass is 16.6. The van der Waals surface area contributed by atoms with Crippen molar-refractivity contribution in [2.45, 2.75) is 25.5 Å². The van der Waals surface area contributed by atoms with Crippen molar-refractivity contribution in [3.8, 4) is 22.9 Å². The Balaban J connectivity index is 1.39. The summed E-state index contributed by atoms with van der Waals surface area (Å²) in [4.78, 5) is 8.95. The lowest BCUT2D eigenvalue weighted by Gasteiger charge is -2.18. The summed E-state index contributed by atoms with van der Waals surface area (Å²) in [5.41, 5.74) is 0.946. The lowest BCUT2D eigenvalue weighted by atomic mass is 10.2. The number of aromatic nitrogens is 4. The first kappa shape index (κ1) is 15.4. The molecular formula is C18H18N4O4. The summed E-state index contributed by atoms with van der Waals surface area (Å²) < 4.78 is 24.2. The molecule has 8 heteroatoms. The van der Waals surface area contributed by atoms with Gasteiger partial charge in [-0.05, 0) is 31.0 Å². The summed E-state index contributed by atoms with van der Waals surface area (Å²) in [6.45, 7) is 2.35. The molecular weight excluding hydrogens is 336 g/mol. The summed E-state index contributed by atoms with van der Waals surface area (Å²) in [6, 6.07) is 5.83. The second kappa shape index (κ2) is 6.45. The Morgan fingerprint density at radius 1 is 1.12 bits per heavy atom. The second-order valence-electron chi connectivity index (χ2n) is 6.29. The lowest BCUT2D eigenvalue weighted by molar-refractivity contribution is 0.0835. The van der Waals surface area contributed by atoms with E-state index in [0.29, 0.717) is 31.5 Å². The van der Waals surface area contributed by atoms with Gasteiger partial charge in [0.2, 0.25) is 0 Å². The van der Waals surface area contributed by atoms with Gasteiger partial charge >= 0.3 is 0 Å². The van der Waals surface area contributed by atoms with E-state index in [1.807, 2.05) is 29.0 Å². The monoisotopic (exact) mass is 354 g/mol. The van der Waals surface area contributed by atoms with Crippen LogP contribution in [0.5, 0.6) is 11.5 Å². The molecule has 3 aromatic rings. The normalized spacial score (nSPS) is 19.0. The maximum absolute atomic E-state index is 5.66. The van der Waals surface area contributed by atoms with Crippen molar-refractivity contribution < 1.29 is 18.7 Å². The Morgan fingerprint density at radius 2 is 2.04 bits per heavy atom. The molecule has 0 N–H and O–H groups in total. The fourth-order valence-electron chi connectivity index (χ4n) is 3.27. The van der Waals surface area contributed by atoms with Crippen LogP contribution in [-0.2, 0) is 11.3 Å². The third-order valence-electron chi connectivity index (χ3n) is 4.52. The molecule has 1 unspecified atom stereocenters. The molecule has 0 saturated carbocycles. The van der Waals surface area contributed by atoms with Crippen molar-refractivity contribution in [1.82, 2.24) is 19.7 Å². The predicted molar refractivity (Wildman–Crippen MR) is 90.0 cm³/mol. The summed E-state index contributed by atoms with van der Waals surface area (Å²) in [7, 11) is 0. The smallest absolute Gasteiger partial charge is 0.255 e. The van der Waals surface area contributed by atoms with E-state index in [0.717, 1.165) is 42.3 Å². The molecule has 0 aliphatic carbocycles. The number of benzene rings is 1. The number of nitrogens with zero attached hydrogens (tertiary/aromatic N) is 4. The summed E-state index contributed by atoms with van der Waals surface area (Å²) in [6.07, 6.45) is 5.53. The van der Waals surface area contributed by atoms with Crippen LogP contribution in [0.3, 0.4) is 0 Å². The summed E-state index contributed by atoms with van der Waals surface area (Å²) in [5, 5.41) is 4.08. The predicted octanol–water partition coefficient (Wildman–Crippen LogP) is 2.60. The van der Waals surface area contributed by atoms with Gasteiger partial charge in [0.25, 0.3) is 5.89 Å². The van der Waals surface area contributed by atoms with Crippen LogP contribution in [0.4, 0.5) is 0 Å². The van der Waals surface area contributed by atoms with E-state index in [1.165, 1.54) is 0 Å². The van der Waals surface area contributed by atoms with Gasteiger partial charge in [0, 0.05) is 24.6 Å². The van der Waals surface area contributed by atoms with Crippen molar-refractivity contribution in [2.75, 3.05) is 19.8 Å². The first-order valence-corrected chi connectivity index (χ1v) is 8.72. The third-order valence-corrected chi connectivity index (χ3v) is 4.52. The van der Waals surface area contributed by atoms with Gasteiger partial charge in [-0.2, -0.15) is 4.98 Å². The van der Waals surface area contributed by atoms with Crippen molar-refractivity contribution in [2.24, 2.45) is 0 Å². The van der Waals surface area contributed by atoms with E-state index in [-0.39, 0.29) is 6.10 Å². The second-order valence-corrected chi connectivity index (χ2v) is 6.29. The number of fused-ring (bicyclic) bond motifs is 1. The SMILES string of the molecule is c1cn(Cc2noc(C3CCCO3)n2)c(-c2ccc3c(c2)OCCO3)n1. The molecule has 4 heterocycles. The lowest BCUT2D eigenvalue weighted by Crippen LogP contribution is -2.15. The maximum Gasteiger partial charge on any atom is 0.255 e. The zero-order valence-corrected chi connectivity index (χ0v) is 14.1. The van der Waals surface area contributed by atoms with Crippen LogP contribution < -0.4 is 9.47 Å². The van der Waals surface area contributed by atoms with Crippen LogP contribution in [0.2, 0.25) is 0 Å². The molecule has 1 aromatic carbocycles. The average molecular weight is 354 g/mol. The highest BCUT2D eigenvalue weighted by Crippen LogP contribution is 2.34. The highest BCUT2D eigenvalue weighted by Gasteiger charge is 2.24. The number of rotatable bonds is 4. The van der Waals surface area contributed by atoms with Crippen LogP contribution in [0.25, 0.3) is 11.4 Å².